The minimum absolute atomic E-state index is 0.233. The van der Waals surface area contributed by atoms with E-state index < -0.39 is 0 Å². The van der Waals surface area contributed by atoms with Gasteiger partial charge in [-0.1, -0.05) is 12.1 Å². The highest BCUT2D eigenvalue weighted by Gasteiger charge is 2.24. The van der Waals surface area contributed by atoms with Crippen molar-refractivity contribution in [3.8, 4) is 5.75 Å². The molecule has 20 heavy (non-hydrogen) atoms. The highest BCUT2D eigenvalue weighted by molar-refractivity contribution is 9.11. The van der Waals surface area contributed by atoms with Gasteiger partial charge in [0, 0.05) is 17.0 Å². The van der Waals surface area contributed by atoms with Crippen LogP contribution in [0.15, 0.2) is 34.1 Å². The van der Waals surface area contributed by atoms with Gasteiger partial charge in [0.05, 0.1) is 3.79 Å². The Morgan fingerprint density at radius 1 is 1.40 bits per heavy atom. The van der Waals surface area contributed by atoms with Gasteiger partial charge in [-0.05, 0) is 71.4 Å². The number of benzene rings is 1. The van der Waals surface area contributed by atoms with Crippen molar-refractivity contribution in [2.45, 2.75) is 38.3 Å². The molecule has 1 aliphatic rings. The summed E-state index contributed by atoms with van der Waals surface area (Å²) in [7, 11) is 0. The zero-order valence-corrected chi connectivity index (χ0v) is 13.8. The van der Waals surface area contributed by atoms with Crippen molar-refractivity contribution < 1.29 is 5.11 Å². The number of thiophene rings is 1. The van der Waals surface area contributed by atoms with E-state index in [0.717, 1.165) is 5.56 Å². The fraction of sp³-hybridized carbons (Fsp3) is 0.375. The molecule has 1 heterocycles. The van der Waals surface area contributed by atoms with Crippen molar-refractivity contribution in [2.75, 3.05) is 0 Å². The van der Waals surface area contributed by atoms with E-state index in [0.29, 0.717) is 11.8 Å². The molecule has 2 nitrogen and oxygen atoms in total. The molecule has 0 spiro atoms. The zero-order chi connectivity index (χ0) is 14.1. The number of fused-ring (bicyclic) bond motifs is 1. The number of hydrogen-bond acceptors (Lipinski definition) is 3. The Labute approximate surface area is 132 Å². The van der Waals surface area contributed by atoms with Crippen LogP contribution in [0.25, 0.3) is 0 Å². The monoisotopic (exact) mass is 351 g/mol. The van der Waals surface area contributed by atoms with Crippen LogP contribution in [0, 0.1) is 0 Å². The number of aromatic hydroxyl groups is 1. The maximum atomic E-state index is 9.60. The van der Waals surface area contributed by atoms with Gasteiger partial charge in [-0.3, -0.25) is 0 Å². The average Bonchev–Trinajstić information content (AvgIpc) is 2.80. The molecule has 0 aliphatic heterocycles. The molecule has 2 aromatic rings. The van der Waals surface area contributed by atoms with E-state index in [1.54, 1.807) is 6.07 Å². The lowest BCUT2D eigenvalue weighted by atomic mass is 9.93. The summed E-state index contributed by atoms with van der Waals surface area (Å²) in [6.45, 7) is 2.16. The van der Waals surface area contributed by atoms with Crippen molar-refractivity contribution in [3.05, 3.63) is 50.1 Å². The minimum atomic E-state index is 0.233. The first-order valence-electron chi connectivity index (χ1n) is 6.96. The smallest absolute Gasteiger partial charge is 0.115 e. The molecule has 1 aliphatic carbocycles. The van der Waals surface area contributed by atoms with Gasteiger partial charge in [0.2, 0.25) is 0 Å². The fourth-order valence-electron chi connectivity index (χ4n) is 2.89. The number of hydrogen-bond donors (Lipinski definition) is 2. The summed E-state index contributed by atoms with van der Waals surface area (Å²) in [4.78, 5) is 1.50. The van der Waals surface area contributed by atoms with Gasteiger partial charge in [0.1, 0.15) is 5.75 Å². The molecule has 2 N–H and O–H groups in total. The van der Waals surface area contributed by atoms with Gasteiger partial charge in [0.15, 0.2) is 0 Å². The van der Waals surface area contributed by atoms with E-state index in [1.807, 2.05) is 23.5 Å². The number of aryl methyl sites for hydroxylation is 1. The van der Waals surface area contributed by atoms with Crippen LogP contribution in [0.4, 0.5) is 0 Å². The van der Waals surface area contributed by atoms with Crippen LogP contribution >= 0.6 is 27.3 Å². The molecule has 4 heteroatoms. The molecule has 0 radical (unpaired) electrons. The number of phenols is 1. The number of halogens is 1. The number of nitrogens with one attached hydrogen (secondary N) is 1. The second kappa shape index (κ2) is 5.88. The Kier molecular flexibility index (Phi) is 4.15. The SMILES string of the molecule is CC(NC1CCCc2sc(Br)cc21)c1cccc(O)c1. The predicted octanol–water partition coefficient (Wildman–Crippen LogP) is 4.94. The molecule has 0 fully saturated rings. The largest absolute Gasteiger partial charge is 0.508 e. The standard InChI is InChI=1S/C16H18BrNOS/c1-10(11-4-2-5-12(19)8-11)18-14-6-3-7-15-13(14)9-16(17)20-15/h2,4-5,8-10,14,18-19H,3,6-7H2,1H3. The zero-order valence-electron chi connectivity index (χ0n) is 11.4. The van der Waals surface area contributed by atoms with E-state index >= 15 is 0 Å². The average molecular weight is 352 g/mol. The Morgan fingerprint density at radius 2 is 2.25 bits per heavy atom. The maximum Gasteiger partial charge on any atom is 0.115 e. The Balaban J connectivity index is 1.78. The molecular formula is C16H18BrNOS. The summed E-state index contributed by atoms with van der Waals surface area (Å²) in [5.74, 6) is 0.332. The maximum absolute atomic E-state index is 9.60. The van der Waals surface area contributed by atoms with Gasteiger partial charge >= 0.3 is 0 Å². The number of rotatable bonds is 3. The molecule has 106 valence electrons. The Hall–Kier alpha value is -0.840. The molecule has 2 atom stereocenters. The predicted molar refractivity (Wildman–Crippen MR) is 87.4 cm³/mol. The second-order valence-corrected chi connectivity index (χ2v) is 7.87. The van der Waals surface area contributed by atoms with Crippen LogP contribution in [0.3, 0.4) is 0 Å². The Bertz CT molecular complexity index is 610. The second-order valence-electron chi connectivity index (χ2n) is 5.36. The molecule has 1 aromatic carbocycles. The molecule has 0 saturated heterocycles. The van der Waals surface area contributed by atoms with Crippen molar-refractivity contribution >= 4 is 27.3 Å². The topological polar surface area (TPSA) is 32.3 Å². The summed E-state index contributed by atoms with van der Waals surface area (Å²) in [6, 6.07) is 10.4. The highest BCUT2D eigenvalue weighted by Crippen LogP contribution is 2.39. The van der Waals surface area contributed by atoms with E-state index in [2.05, 4.69) is 40.3 Å². The first-order valence-corrected chi connectivity index (χ1v) is 8.57. The summed E-state index contributed by atoms with van der Waals surface area (Å²) >= 11 is 5.45. The van der Waals surface area contributed by atoms with Crippen LogP contribution in [-0.4, -0.2) is 5.11 Å². The summed E-state index contributed by atoms with van der Waals surface area (Å²) in [5, 5.41) is 13.3. The third kappa shape index (κ3) is 2.92. The highest BCUT2D eigenvalue weighted by atomic mass is 79.9. The van der Waals surface area contributed by atoms with Crippen molar-refractivity contribution in [2.24, 2.45) is 0 Å². The van der Waals surface area contributed by atoms with Crippen molar-refractivity contribution in [1.29, 1.82) is 0 Å². The lowest BCUT2D eigenvalue weighted by molar-refractivity contribution is 0.416. The first kappa shape index (κ1) is 14.1. The quantitative estimate of drug-likeness (QED) is 0.820. The summed E-state index contributed by atoms with van der Waals surface area (Å²) in [6.07, 6.45) is 3.62. The fourth-order valence-corrected chi connectivity index (χ4v) is 4.71. The van der Waals surface area contributed by atoms with Crippen molar-refractivity contribution in [3.63, 3.8) is 0 Å². The van der Waals surface area contributed by atoms with Gasteiger partial charge in [-0.25, -0.2) is 0 Å². The van der Waals surface area contributed by atoms with E-state index in [4.69, 9.17) is 0 Å². The number of phenolic OH excluding ortho intramolecular Hbond substituents is 1. The summed E-state index contributed by atoms with van der Waals surface area (Å²) in [5.41, 5.74) is 2.58. The first-order chi connectivity index (χ1) is 9.63. The third-order valence-corrected chi connectivity index (χ3v) is 5.62. The van der Waals surface area contributed by atoms with Crippen LogP contribution in [-0.2, 0) is 6.42 Å². The minimum Gasteiger partial charge on any atom is -0.508 e. The van der Waals surface area contributed by atoms with E-state index in [1.165, 1.54) is 33.5 Å². The summed E-state index contributed by atoms with van der Waals surface area (Å²) < 4.78 is 1.22. The normalized spacial score (nSPS) is 19.6. The lowest BCUT2D eigenvalue weighted by Gasteiger charge is -2.27. The van der Waals surface area contributed by atoms with Crippen LogP contribution in [0.2, 0.25) is 0 Å². The third-order valence-electron chi connectivity index (χ3n) is 3.91. The van der Waals surface area contributed by atoms with Gasteiger partial charge in [-0.15, -0.1) is 11.3 Å². The van der Waals surface area contributed by atoms with Gasteiger partial charge < -0.3 is 10.4 Å². The molecular weight excluding hydrogens is 334 g/mol. The van der Waals surface area contributed by atoms with Gasteiger partial charge in [-0.2, -0.15) is 0 Å². The Morgan fingerprint density at radius 3 is 3.05 bits per heavy atom. The van der Waals surface area contributed by atoms with E-state index in [9.17, 15) is 5.11 Å². The molecule has 3 rings (SSSR count). The van der Waals surface area contributed by atoms with Crippen LogP contribution < -0.4 is 5.32 Å². The van der Waals surface area contributed by atoms with Gasteiger partial charge in [0.25, 0.3) is 0 Å². The molecule has 2 unspecified atom stereocenters. The van der Waals surface area contributed by atoms with Crippen molar-refractivity contribution in [1.82, 2.24) is 5.32 Å². The molecule has 1 aromatic heterocycles. The van der Waals surface area contributed by atoms with E-state index in [-0.39, 0.29) is 6.04 Å². The molecule has 0 bridgehead atoms. The van der Waals surface area contributed by atoms with Crippen LogP contribution in [0.1, 0.15) is 47.9 Å². The lowest BCUT2D eigenvalue weighted by Crippen LogP contribution is -2.27. The molecule has 0 amide bonds. The van der Waals surface area contributed by atoms with Crippen LogP contribution in [0.5, 0.6) is 5.75 Å². The molecule has 0 saturated carbocycles.